The number of carbonyl (C=O) groups is 1. The van der Waals surface area contributed by atoms with E-state index in [0.717, 1.165) is 42.2 Å². The zero-order valence-corrected chi connectivity index (χ0v) is 19.2. The van der Waals surface area contributed by atoms with E-state index in [2.05, 4.69) is 63.0 Å². The predicted molar refractivity (Wildman–Crippen MR) is 126 cm³/mol. The highest BCUT2D eigenvalue weighted by Crippen LogP contribution is 2.31. The van der Waals surface area contributed by atoms with Crippen LogP contribution in [0.2, 0.25) is 0 Å². The lowest BCUT2D eigenvalue weighted by Gasteiger charge is -2.38. The van der Waals surface area contributed by atoms with Crippen LogP contribution >= 0.6 is 27.7 Å². The van der Waals surface area contributed by atoms with Crippen LogP contribution in [-0.2, 0) is 4.79 Å². The largest absolute Gasteiger partial charge is 0.490 e. The van der Waals surface area contributed by atoms with E-state index in [1.807, 2.05) is 29.2 Å². The fourth-order valence-electron chi connectivity index (χ4n) is 3.85. The fraction of sp³-hybridized carbons (Fsp3) is 0.375. The van der Waals surface area contributed by atoms with Gasteiger partial charge in [0.05, 0.1) is 24.7 Å². The van der Waals surface area contributed by atoms with Crippen LogP contribution in [0, 0.1) is 11.8 Å². The van der Waals surface area contributed by atoms with Crippen molar-refractivity contribution in [2.75, 3.05) is 37.8 Å². The molecule has 2 aromatic carbocycles. The van der Waals surface area contributed by atoms with Gasteiger partial charge in [-0.25, -0.2) is 0 Å². The quantitative estimate of drug-likeness (QED) is 0.594. The predicted octanol–water partition coefficient (Wildman–Crippen LogP) is 4.22. The van der Waals surface area contributed by atoms with Crippen LogP contribution in [0.3, 0.4) is 0 Å². The third kappa shape index (κ3) is 5.60. The average Bonchev–Trinajstić information content (AvgIpc) is 3.19. The maximum atomic E-state index is 11.7. The summed E-state index contributed by atoms with van der Waals surface area (Å²) in [7, 11) is 0. The number of halogens is 1. The molecule has 0 radical (unpaired) electrons. The molecule has 1 amide bonds. The lowest BCUT2D eigenvalue weighted by molar-refractivity contribution is -0.126. The lowest BCUT2D eigenvalue weighted by Crippen LogP contribution is -2.44. The second-order valence-electron chi connectivity index (χ2n) is 7.57. The lowest BCUT2D eigenvalue weighted by atomic mass is 9.87. The van der Waals surface area contributed by atoms with Crippen molar-refractivity contribution in [3.63, 3.8) is 0 Å². The number of piperidine rings is 1. The van der Waals surface area contributed by atoms with Gasteiger partial charge in [-0.15, -0.1) is 11.8 Å². The van der Waals surface area contributed by atoms with Crippen molar-refractivity contribution in [1.82, 2.24) is 9.80 Å². The summed E-state index contributed by atoms with van der Waals surface area (Å²) in [6, 6.07) is 18.7. The molecular weight excluding hydrogens is 460 g/mol. The van der Waals surface area contributed by atoms with Gasteiger partial charge >= 0.3 is 0 Å². The minimum absolute atomic E-state index is 0.136. The first-order valence-corrected chi connectivity index (χ1v) is 12.1. The molecule has 2 aromatic rings. The van der Waals surface area contributed by atoms with Gasteiger partial charge in [0.2, 0.25) is 5.91 Å². The molecule has 0 aliphatic carbocycles. The third-order valence-electron chi connectivity index (χ3n) is 5.49. The SMILES string of the molecule is O=C1CSCN1CC#CCN1CCC(Oc2ccc(Br)cc2)C(c2ccccc2)C1. The molecule has 2 saturated heterocycles. The van der Waals surface area contributed by atoms with E-state index in [9.17, 15) is 4.79 Å². The molecule has 0 spiro atoms. The first-order valence-electron chi connectivity index (χ1n) is 10.2. The molecule has 2 heterocycles. The van der Waals surface area contributed by atoms with Crippen LogP contribution in [0.4, 0.5) is 0 Å². The van der Waals surface area contributed by atoms with Crippen LogP contribution in [0.1, 0.15) is 17.9 Å². The molecule has 2 fully saturated rings. The molecule has 0 saturated carbocycles. The monoisotopic (exact) mass is 484 g/mol. The summed E-state index contributed by atoms with van der Waals surface area (Å²) in [6.45, 7) is 3.14. The van der Waals surface area contributed by atoms with E-state index < -0.39 is 0 Å². The Morgan fingerprint density at radius 2 is 1.83 bits per heavy atom. The zero-order valence-electron chi connectivity index (χ0n) is 16.8. The molecule has 0 N–H and O–H groups in total. The van der Waals surface area contributed by atoms with Gasteiger partial charge in [-0.2, -0.15) is 0 Å². The number of thioether (sulfide) groups is 1. The Kier molecular flexibility index (Phi) is 7.37. The van der Waals surface area contributed by atoms with E-state index in [-0.39, 0.29) is 12.0 Å². The average molecular weight is 485 g/mol. The normalized spacial score (nSPS) is 21.9. The van der Waals surface area contributed by atoms with Gasteiger partial charge in [0.1, 0.15) is 11.9 Å². The minimum atomic E-state index is 0.136. The van der Waals surface area contributed by atoms with Crippen molar-refractivity contribution >= 4 is 33.6 Å². The highest BCUT2D eigenvalue weighted by Gasteiger charge is 2.31. The molecule has 4 rings (SSSR count). The van der Waals surface area contributed by atoms with Gasteiger partial charge in [-0.1, -0.05) is 58.1 Å². The van der Waals surface area contributed by atoms with E-state index in [1.165, 1.54) is 5.56 Å². The third-order valence-corrected chi connectivity index (χ3v) is 6.96. The summed E-state index contributed by atoms with van der Waals surface area (Å²) in [4.78, 5) is 15.9. The van der Waals surface area contributed by atoms with Gasteiger partial charge in [0.25, 0.3) is 0 Å². The molecule has 2 atom stereocenters. The van der Waals surface area contributed by atoms with Crippen molar-refractivity contribution in [1.29, 1.82) is 0 Å². The summed E-state index contributed by atoms with van der Waals surface area (Å²) in [5, 5.41) is 0. The van der Waals surface area contributed by atoms with Crippen molar-refractivity contribution in [2.24, 2.45) is 0 Å². The molecular formula is C24H25BrN2O2S. The Hall–Kier alpha value is -1.94. The topological polar surface area (TPSA) is 32.8 Å². The molecule has 2 unspecified atom stereocenters. The molecule has 0 bridgehead atoms. The number of amides is 1. The minimum Gasteiger partial charge on any atom is -0.490 e. The van der Waals surface area contributed by atoms with Gasteiger partial charge in [0.15, 0.2) is 0 Å². The molecule has 6 heteroatoms. The van der Waals surface area contributed by atoms with Crippen molar-refractivity contribution in [2.45, 2.75) is 18.4 Å². The Morgan fingerprint density at radius 1 is 1.07 bits per heavy atom. The number of benzene rings is 2. The Balaban J connectivity index is 1.39. The van der Waals surface area contributed by atoms with Gasteiger partial charge in [-0.05, 0) is 36.2 Å². The summed E-state index contributed by atoms with van der Waals surface area (Å²) >= 11 is 5.14. The molecule has 156 valence electrons. The Labute approximate surface area is 191 Å². The second kappa shape index (κ2) is 10.4. The number of hydrogen-bond donors (Lipinski definition) is 0. The smallest absolute Gasteiger partial charge is 0.234 e. The molecule has 2 aliphatic heterocycles. The van der Waals surface area contributed by atoms with Crippen LogP contribution in [0.5, 0.6) is 5.75 Å². The standard InChI is InChI=1S/C24H25BrN2O2S/c25-20-8-10-21(11-9-20)29-23-12-15-26(16-22(23)19-6-2-1-3-7-19)13-4-5-14-27-18-30-17-24(27)28/h1-3,6-11,22-23H,12-18H2. The van der Waals surface area contributed by atoms with Gasteiger partial charge in [0, 0.05) is 23.5 Å². The fourth-order valence-corrected chi connectivity index (χ4v) is 5.02. The van der Waals surface area contributed by atoms with Crippen molar-refractivity contribution in [3.05, 3.63) is 64.6 Å². The highest BCUT2D eigenvalue weighted by atomic mass is 79.9. The number of likely N-dealkylation sites (tertiary alicyclic amines) is 1. The van der Waals surface area contributed by atoms with E-state index in [1.54, 1.807) is 11.8 Å². The molecule has 0 aromatic heterocycles. The van der Waals surface area contributed by atoms with Gasteiger partial charge < -0.3 is 9.64 Å². The van der Waals surface area contributed by atoms with Crippen LogP contribution in [0.15, 0.2) is 59.1 Å². The van der Waals surface area contributed by atoms with E-state index in [0.29, 0.717) is 18.2 Å². The first kappa shape index (κ1) is 21.3. The Bertz CT molecular complexity index is 910. The van der Waals surface area contributed by atoms with Crippen LogP contribution in [-0.4, -0.2) is 59.6 Å². The van der Waals surface area contributed by atoms with Crippen molar-refractivity contribution in [3.8, 4) is 17.6 Å². The zero-order chi connectivity index (χ0) is 20.8. The van der Waals surface area contributed by atoms with Gasteiger partial charge in [-0.3, -0.25) is 9.69 Å². The van der Waals surface area contributed by atoms with E-state index in [4.69, 9.17) is 4.74 Å². The molecule has 2 aliphatic rings. The van der Waals surface area contributed by atoms with E-state index >= 15 is 0 Å². The van der Waals surface area contributed by atoms with Crippen molar-refractivity contribution < 1.29 is 9.53 Å². The summed E-state index contributed by atoms with van der Waals surface area (Å²) in [5.74, 6) is 9.21. The number of rotatable bonds is 5. The molecule has 30 heavy (non-hydrogen) atoms. The Morgan fingerprint density at radius 3 is 2.57 bits per heavy atom. The number of carbonyl (C=O) groups excluding carboxylic acids is 1. The number of ether oxygens (including phenoxy) is 1. The number of hydrogen-bond acceptors (Lipinski definition) is 4. The second-order valence-corrected chi connectivity index (χ2v) is 9.44. The summed E-state index contributed by atoms with van der Waals surface area (Å²) in [6.07, 6.45) is 1.09. The highest BCUT2D eigenvalue weighted by molar-refractivity contribution is 9.10. The first-order chi connectivity index (χ1) is 14.7. The van der Waals surface area contributed by atoms with Crippen LogP contribution in [0.25, 0.3) is 0 Å². The maximum absolute atomic E-state index is 11.7. The summed E-state index contributed by atoms with van der Waals surface area (Å²) < 4.78 is 7.45. The number of nitrogens with zero attached hydrogens (tertiary/aromatic N) is 2. The summed E-state index contributed by atoms with van der Waals surface area (Å²) in [5.41, 5.74) is 1.30. The molecule has 4 nitrogen and oxygen atoms in total. The van der Waals surface area contributed by atoms with Crippen LogP contribution < -0.4 is 4.74 Å². The maximum Gasteiger partial charge on any atom is 0.234 e.